The van der Waals surface area contributed by atoms with Crippen LogP contribution in [0.25, 0.3) is 0 Å². The summed E-state index contributed by atoms with van der Waals surface area (Å²) in [5, 5.41) is 22.9. The van der Waals surface area contributed by atoms with Crippen molar-refractivity contribution in [3.8, 4) is 0 Å². The molecular weight excluding hydrogens is 390 g/mol. The van der Waals surface area contributed by atoms with Crippen LogP contribution < -0.4 is 10.6 Å². The number of aromatic carboxylic acids is 1. The minimum atomic E-state index is -1.71. The summed E-state index contributed by atoms with van der Waals surface area (Å²) >= 11 is 0.961. The maximum absolute atomic E-state index is 12.1. The third kappa shape index (κ3) is 4.15. The molecule has 4 N–H and O–H groups in total. The normalized spacial score (nSPS) is 15.4. The highest BCUT2D eigenvalue weighted by molar-refractivity contribution is 7.17. The topological polar surface area (TPSA) is 155 Å². The molecule has 3 heterocycles. The van der Waals surface area contributed by atoms with Crippen LogP contribution in [0.2, 0.25) is 0 Å². The molecule has 11 heteroatoms. The van der Waals surface area contributed by atoms with Gasteiger partial charge in [-0.3, -0.25) is 14.6 Å². The van der Waals surface area contributed by atoms with Gasteiger partial charge in [0.2, 0.25) is 0 Å². The van der Waals surface area contributed by atoms with E-state index in [0.717, 1.165) is 11.3 Å². The number of aliphatic carboxylic acids is 1. The first-order chi connectivity index (χ1) is 13.4. The van der Waals surface area contributed by atoms with E-state index in [1.54, 1.807) is 18.2 Å². The molecule has 0 spiro atoms. The maximum atomic E-state index is 12.1. The van der Waals surface area contributed by atoms with Gasteiger partial charge < -0.3 is 25.6 Å². The molecule has 0 aliphatic carbocycles. The van der Waals surface area contributed by atoms with Gasteiger partial charge in [-0.1, -0.05) is 6.07 Å². The molecule has 2 aromatic rings. The van der Waals surface area contributed by atoms with Crippen molar-refractivity contribution >= 4 is 40.1 Å². The van der Waals surface area contributed by atoms with E-state index in [-0.39, 0.29) is 41.7 Å². The zero-order valence-electron chi connectivity index (χ0n) is 14.3. The average molecular weight is 405 g/mol. The van der Waals surface area contributed by atoms with Crippen LogP contribution in [0.3, 0.4) is 0 Å². The number of aromatic nitrogens is 1. The number of hydrogen-bond acceptors (Lipinski definition) is 7. The number of ether oxygens (including phenoxy) is 1. The monoisotopic (exact) mass is 405 g/mol. The van der Waals surface area contributed by atoms with Gasteiger partial charge >= 0.3 is 17.8 Å². The fourth-order valence-corrected chi connectivity index (χ4v) is 3.86. The Bertz CT molecular complexity index is 942. The van der Waals surface area contributed by atoms with E-state index in [4.69, 9.17) is 9.84 Å². The van der Waals surface area contributed by atoms with Gasteiger partial charge in [-0.2, -0.15) is 0 Å². The molecule has 1 atom stereocenters. The Morgan fingerprint density at radius 2 is 2.04 bits per heavy atom. The summed E-state index contributed by atoms with van der Waals surface area (Å²) in [6.07, 6.45) is 1.21. The first-order valence-corrected chi connectivity index (χ1v) is 8.91. The number of rotatable bonds is 5. The number of carbonyl (C=O) groups is 4. The molecule has 2 aromatic heterocycles. The fraction of sp³-hybridized carbons (Fsp3) is 0.235. The average Bonchev–Trinajstić information content (AvgIpc) is 3.03. The molecule has 3 rings (SSSR count). The molecule has 0 bridgehead atoms. The maximum Gasteiger partial charge on any atom is 0.394 e. The van der Waals surface area contributed by atoms with Crippen LogP contribution in [0.4, 0.5) is 5.00 Å². The van der Waals surface area contributed by atoms with Gasteiger partial charge in [0.15, 0.2) is 0 Å². The summed E-state index contributed by atoms with van der Waals surface area (Å²) in [6.45, 7) is 0.230. The number of fused-ring (bicyclic) bond motifs is 1. The van der Waals surface area contributed by atoms with Crippen LogP contribution in [-0.4, -0.2) is 51.6 Å². The highest BCUT2D eigenvalue weighted by atomic mass is 32.1. The van der Waals surface area contributed by atoms with E-state index < -0.39 is 23.9 Å². The van der Waals surface area contributed by atoms with Gasteiger partial charge in [-0.25, -0.2) is 9.59 Å². The molecule has 0 saturated carbocycles. The van der Waals surface area contributed by atoms with E-state index in [9.17, 15) is 24.3 Å². The molecule has 146 valence electrons. The lowest BCUT2D eigenvalue weighted by Gasteiger charge is -2.23. The molecular formula is C17H15N3O7S. The Labute approximate surface area is 162 Å². The van der Waals surface area contributed by atoms with E-state index in [2.05, 4.69) is 15.6 Å². The lowest BCUT2D eigenvalue weighted by atomic mass is 10.0. The quantitative estimate of drug-likeness (QED) is 0.531. The fourth-order valence-electron chi connectivity index (χ4n) is 2.72. The number of hydrogen-bond donors (Lipinski definition) is 4. The van der Waals surface area contributed by atoms with Gasteiger partial charge in [0.1, 0.15) is 10.7 Å². The third-order valence-corrected chi connectivity index (χ3v) is 5.12. The van der Waals surface area contributed by atoms with Crippen molar-refractivity contribution in [2.45, 2.75) is 19.1 Å². The minimum absolute atomic E-state index is 0.0494. The molecule has 0 fully saturated rings. The van der Waals surface area contributed by atoms with E-state index in [1.807, 2.05) is 0 Å². The Morgan fingerprint density at radius 3 is 2.68 bits per heavy atom. The van der Waals surface area contributed by atoms with Crippen molar-refractivity contribution in [3.05, 3.63) is 46.1 Å². The lowest BCUT2D eigenvalue weighted by Crippen LogP contribution is -2.37. The van der Waals surface area contributed by atoms with Crippen LogP contribution in [0.15, 0.2) is 24.4 Å². The number of carbonyl (C=O) groups excluding carboxylic acids is 2. The smallest absolute Gasteiger partial charge is 0.394 e. The highest BCUT2D eigenvalue weighted by Gasteiger charge is 2.31. The Hall–Kier alpha value is -3.31. The van der Waals surface area contributed by atoms with Crippen LogP contribution in [-0.2, 0) is 27.4 Å². The van der Waals surface area contributed by atoms with Crippen molar-refractivity contribution in [1.82, 2.24) is 10.3 Å². The first kappa shape index (κ1) is 19.5. The van der Waals surface area contributed by atoms with Gasteiger partial charge in [0.05, 0.1) is 18.3 Å². The van der Waals surface area contributed by atoms with E-state index in [0.29, 0.717) is 10.4 Å². The van der Waals surface area contributed by atoms with Crippen molar-refractivity contribution < 1.29 is 34.1 Å². The third-order valence-electron chi connectivity index (χ3n) is 4.00. The van der Waals surface area contributed by atoms with Crippen molar-refractivity contribution in [3.63, 3.8) is 0 Å². The largest absolute Gasteiger partial charge is 0.478 e. The van der Waals surface area contributed by atoms with Gasteiger partial charge in [-0.05, 0) is 17.7 Å². The Kier molecular flexibility index (Phi) is 5.66. The predicted molar refractivity (Wildman–Crippen MR) is 96.4 cm³/mol. The predicted octanol–water partition coefficient (Wildman–Crippen LogP) is 0.736. The van der Waals surface area contributed by atoms with Crippen LogP contribution >= 0.6 is 11.3 Å². The SMILES string of the molecule is O=C(O)C(=O)Nc1sc2c(c1C(=O)O)CC(CNC(=O)c1ccccn1)OC2. The number of thiophene rings is 1. The second-order valence-corrected chi connectivity index (χ2v) is 6.94. The number of amides is 2. The highest BCUT2D eigenvalue weighted by Crippen LogP contribution is 2.37. The molecule has 0 radical (unpaired) electrons. The van der Waals surface area contributed by atoms with E-state index >= 15 is 0 Å². The molecule has 0 aromatic carbocycles. The number of carboxylic acid groups (broad SMARTS) is 2. The Morgan fingerprint density at radius 1 is 1.25 bits per heavy atom. The lowest BCUT2D eigenvalue weighted by molar-refractivity contribution is -0.147. The molecule has 1 aliphatic heterocycles. The van der Waals surface area contributed by atoms with Crippen LogP contribution in [0.1, 0.15) is 31.3 Å². The summed E-state index contributed by atoms with van der Waals surface area (Å²) in [5.74, 6) is -4.69. The molecule has 1 unspecified atom stereocenters. The molecule has 2 amide bonds. The number of nitrogens with one attached hydrogen (secondary N) is 2. The van der Waals surface area contributed by atoms with Crippen molar-refractivity contribution in [2.75, 3.05) is 11.9 Å². The van der Waals surface area contributed by atoms with E-state index in [1.165, 1.54) is 6.20 Å². The number of carboxylic acids is 2. The second-order valence-electron chi connectivity index (χ2n) is 5.83. The Balaban J connectivity index is 1.72. The number of anilines is 1. The molecule has 1 aliphatic rings. The second kappa shape index (κ2) is 8.15. The zero-order chi connectivity index (χ0) is 20.3. The van der Waals surface area contributed by atoms with Crippen LogP contribution in [0, 0.1) is 0 Å². The first-order valence-electron chi connectivity index (χ1n) is 8.09. The summed E-state index contributed by atoms with van der Waals surface area (Å²) in [4.78, 5) is 50.4. The van der Waals surface area contributed by atoms with Crippen molar-refractivity contribution in [1.29, 1.82) is 0 Å². The van der Waals surface area contributed by atoms with Crippen molar-refractivity contribution in [2.24, 2.45) is 0 Å². The van der Waals surface area contributed by atoms with Gasteiger partial charge in [0.25, 0.3) is 5.91 Å². The summed E-state index contributed by atoms with van der Waals surface area (Å²) in [7, 11) is 0. The summed E-state index contributed by atoms with van der Waals surface area (Å²) in [5.41, 5.74) is 0.555. The van der Waals surface area contributed by atoms with Gasteiger partial charge in [0, 0.05) is 24.0 Å². The number of nitrogens with zero attached hydrogens (tertiary/aromatic N) is 1. The summed E-state index contributed by atoms with van der Waals surface area (Å²) in [6, 6.07) is 4.93. The molecule has 28 heavy (non-hydrogen) atoms. The molecule has 0 saturated heterocycles. The standard InChI is InChI=1S/C17H15N3O7S/c21-13(10-3-1-2-4-18-10)19-6-8-5-9-11(7-27-8)28-15(12(9)16(23)24)20-14(22)17(25)26/h1-4,8H,5-7H2,(H,19,21)(H,20,22)(H,23,24)(H,25,26). The zero-order valence-corrected chi connectivity index (χ0v) is 15.1. The molecule has 10 nitrogen and oxygen atoms in total. The summed E-state index contributed by atoms with van der Waals surface area (Å²) < 4.78 is 5.64. The van der Waals surface area contributed by atoms with Crippen LogP contribution in [0.5, 0.6) is 0 Å². The minimum Gasteiger partial charge on any atom is -0.478 e. The van der Waals surface area contributed by atoms with Gasteiger partial charge in [-0.15, -0.1) is 11.3 Å². The number of pyridine rings is 1.